The number of hydrogen-bond donors (Lipinski definition) is 1. The number of nitrogens with zero attached hydrogens (tertiary/aromatic N) is 4. The number of aromatic nitrogens is 4. The molecule has 0 bridgehead atoms. The molecule has 1 N–H and O–H groups in total. The van der Waals surface area contributed by atoms with Gasteiger partial charge in [0.2, 0.25) is 11.7 Å². The van der Waals surface area contributed by atoms with Crippen LogP contribution in [0.1, 0.15) is 29.8 Å². The molecule has 2 aromatic carbocycles. The van der Waals surface area contributed by atoms with Crippen molar-refractivity contribution < 1.29 is 19.1 Å². The average Bonchev–Trinajstić information content (AvgIpc) is 3.19. The van der Waals surface area contributed by atoms with Crippen molar-refractivity contribution in [3.63, 3.8) is 0 Å². The second-order valence-electron chi connectivity index (χ2n) is 7.19. The maximum Gasteiger partial charge on any atom is 0.338 e. The summed E-state index contributed by atoms with van der Waals surface area (Å²) in [7, 11) is 0. The number of nitrogens with one attached hydrogen (secondary N) is 1. The Bertz CT molecular complexity index is 1050. The molecule has 0 aliphatic rings. The van der Waals surface area contributed by atoms with Crippen LogP contribution in [-0.2, 0) is 16.1 Å². The topological polar surface area (TPSA) is 108 Å². The van der Waals surface area contributed by atoms with Gasteiger partial charge in [-0.15, -0.1) is 10.2 Å². The van der Waals surface area contributed by atoms with Crippen LogP contribution in [0.15, 0.2) is 48.5 Å². The van der Waals surface area contributed by atoms with Crippen molar-refractivity contribution in [2.24, 2.45) is 0 Å². The van der Waals surface area contributed by atoms with Crippen LogP contribution in [0.5, 0.6) is 5.75 Å². The predicted octanol–water partition coefficient (Wildman–Crippen LogP) is 2.41. The highest BCUT2D eigenvalue weighted by atomic mass is 16.5. The molecule has 0 radical (unpaired) electrons. The third kappa shape index (κ3) is 6.63. The fraction of sp³-hybridized carbons (Fsp3) is 0.318. The summed E-state index contributed by atoms with van der Waals surface area (Å²) in [5, 5.41) is 14.8. The third-order valence-electron chi connectivity index (χ3n) is 4.12. The van der Waals surface area contributed by atoms with Crippen LogP contribution < -0.4 is 10.1 Å². The zero-order valence-electron chi connectivity index (χ0n) is 17.7. The number of carbonyl (C=O) groups is 2. The van der Waals surface area contributed by atoms with E-state index in [0.717, 1.165) is 11.3 Å². The lowest BCUT2D eigenvalue weighted by Gasteiger charge is -2.08. The van der Waals surface area contributed by atoms with Crippen molar-refractivity contribution in [2.75, 3.05) is 13.2 Å². The van der Waals surface area contributed by atoms with Gasteiger partial charge >= 0.3 is 5.97 Å². The van der Waals surface area contributed by atoms with Crippen LogP contribution in [0.25, 0.3) is 11.4 Å². The first-order chi connectivity index (χ1) is 14.9. The number of carbonyl (C=O) groups excluding carboxylic acids is 2. The average molecular weight is 423 g/mol. The van der Waals surface area contributed by atoms with Gasteiger partial charge in [0.1, 0.15) is 18.9 Å². The number of tetrazole rings is 1. The first-order valence-electron chi connectivity index (χ1n) is 9.96. The summed E-state index contributed by atoms with van der Waals surface area (Å²) in [5.41, 5.74) is 2.11. The molecular formula is C22H25N5O4. The van der Waals surface area contributed by atoms with Gasteiger partial charge in [-0.3, -0.25) is 4.79 Å². The van der Waals surface area contributed by atoms with E-state index in [9.17, 15) is 9.59 Å². The fourth-order valence-electron chi connectivity index (χ4n) is 2.74. The Labute approximate surface area is 180 Å². The van der Waals surface area contributed by atoms with E-state index in [-0.39, 0.29) is 18.6 Å². The Morgan fingerprint density at radius 1 is 1.13 bits per heavy atom. The molecule has 0 saturated carbocycles. The molecule has 0 fully saturated rings. The van der Waals surface area contributed by atoms with Gasteiger partial charge in [0.15, 0.2) is 0 Å². The summed E-state index contributed by atoms with van der Waals surface area (Å²) >= 11 is 0. The van der Waals surface area contributed by atoms with Gasteiger partial charge in [0.05, 0.1) is 18.2 Å². The molecule has 3 rings (SSSR count). The van der Waals surface area contributed by atoms with E-state index < -0.39 is 5.97 Å². The summed E-state index contributed by atoms with van der Waals surface area (Å²) in [6.07, 6.45) is -0.212. The number of rotatable bonds is 9. The molecule has 162 valence electrons. The van der Waals surface area contributed by atoms with Crippen molar-refractivity contribution in [1.29, 1.82) is 0 Å². The van der Waals surface area contributed by atoms with Crippen LogP contribution >= 0.6 is 0 Å². The second kappa shape index (κ2) is 10.3. The number of amides is 1. The summed E-state index contributed by atoms with van der Waals surface area (Å²) in [6.45, 7) is 6.19. The molecule has 31 heavy (non-hydrogen) atoms. The number of ether oxygens (including phenoxy) is 2. The molecule has 1 aromatic heterocycles. The quantitative estimate of drug-likeness (QED) is 0.416. The first kappa shape index (κ1) is 21.9. The lowest BCUT2D eigenvalue weighted by Crippen LogP contribution is -2.31. The Kier molecular flexibility index (Phi) is 7.31. The van der Waals surface area contributed by atoms with Gasteiger partial charge in [-0.05, 0) is 55.8 Å². The molecule has 9 heteroatoms. The molecule has 0 unspecified atom stereocenters. The van der Waals surface area contributed by atoms with Crippen LogP contribution in [0.3, 0.4) is 0 Å². The number of esters is 1. The number of aryl methyl sites for hydroxylation is 1. The van der Waals surface area contributed by atoms with Crippen molar-refractivity contribution in [3.05, 3.63) is 59.7 Å². The molecule has 0 aliphatic carbocycles. The Balaban J connectivity index is 1.50. The molecule has 0 saturated heterocycles. The van der Waals surface area contributed by atoms with Crippen LogP contribution in [0.2, 0.25) is 0 Å². The molecule has 1 heterocycles. The van der Waals surface area contributed by atoms with Gasteiger partial charge in [0, 0.05) is 5.56 Å². The van der Waals surface area contributed by atoms with Crippen LogP contribution in [0, 0.1) is 6.92 Å². The maximum atomic E-state index is 12.1. The van der Waals surface area contributed by atoms with Gasteiger partial charge in [-0.1, -0.05) is 24.3 Å². The molecule has 0 atom stereocenters. The van der Waals surface area contributed by atoms with Gasteiger partial charge in [-0.25, -0.2) is 4.79 Å². The highest BCUT2D eigenvalue weighted by molar-refractivity contribution is 5.90. The zero-order chi connectivity index (χ0) is 22.2. The summed E-state index contributed by atoms with van der Waals surface area (Å²) in [6, 6.07) is 14.5. The molecular weight excluding hydrogens is 398 g/mol. The van der Waals surface area contributed by atoms with E-state index in [4.69, 9.17) is 9.47 Å². The Hall–Kier alpha value is -3.75. The van der Waals surface area contributed by atoms with Crippen molar-refractivity contribution in [2.45, 2.75) is 33.4 Å². The van der Waals surface area contributed by atoms with Crippen LogP contribution in [-0.4, -0.2) is 51.3 Å². The Morgan fingerprint density at radius 3 is 2.71 bits per heavy atom. The standard InChI is InChI=1S/C22H25N5O4/c1-15(2)31-22(29)18-8-5-7-17(13-18)21-24-26-27(25-21)14-20(28)23-10-11-30-19-9-4-6-16(3)12-19/h4-9,12-13,15H,10-11,14H2,1-3H3,(H,23,28). The summed E-state index contributed by atoms with van der Waals surface area (Å²) in [5.74, 6) is 0.397. The SMILES string of the molecule is Cc1cccc(OCCNC(=O)Cn2nnc(-c3cccc(C(=O)OC(C)C)c3)n2)c1. The van der Waals surface area contributed by atoms with E-state index in [0.29, 0.717) is 30.1 Å². The van der Waals surface area contributed by atoms with Gasteiger partial charge in [-0.2, -0.15) is 4.80 Å². The zero-order valence-corrected chi connectivity index (χ0v) is 17.7. The monoisotopic (exact) mass is 423 g/mol. The van der Waals surface area contributed by atoms with Crippen LogP contribution in [0.4, 0.5) is 0 Å². The smallest absolute Gasteiger partial charge is 0.338 e. The molecule has 3 aromatic rings. The lowest BCUT2D eigenvalue weighted by molar-refractivity contribution is -0.122. The third-order valence-corrected chi connectivity index (χ3v) is 4.12. The largest absolute Gasteiger partial charge is 0.492 e. The summed E-state index contributed by atoms with van der Waals surface area (Å²) in [4.78, 5) is 25.4. The molecule has 0 spiro atoms. The maximum absolute atomic E-state index is 12.1. The predicted molar refractivity (Wildman–Crippen MR) is 113 cm³/mol. The highest BCUT2D eigenvalue weighted by Crippen LogP contribution is 2.16. The minimum absolute atomic E-state index is 0.0769. The lowest BCUT2D eigenvalue weighted by atomic mass is 10.1. The van der Waals surface area contributed by atoms with Crippen molar-refractivity contribution >= 4 is 11.9 Å². The molecule has 0 aliphatic heterocycles. The molecule has 9 nitrogen and oxygen atoms in total. The normalized spacial score (nSPS) is 10.7. The molecule has 1 amide bonds. The van der Waals surface area contributed by atoms with E-state index in [1.807, 2.05) is 31.2 Å². The van der Waals surface area contributed by atoms with E-state index in [1.165, 1.54) is 4.80 Å². The fourth-order valence-corrected chi connectivity index (χ4v) is 2.74. The number of hydrogen-bond acceptors (Lipinski definition) is 7. The minimum Gasteiger partial charge on any atom is -0.492 e. The Morgan fingerprint density at radius 2 is 1.94 bits per heavy atom. The van der Waals surface area contributed by atoms with E-state index in [2.05, 4.69) is 20.7 Å². The van der Waals surface area contributed by atoms with Gasteiger partial charge < -0.3 is 14.8 Å². The first-order valence-corrected chi connectivity index (χ1v) is 9.96. The van der Waals surface area contributed by atoms with E-state index in [1.54, 1.807) is 38.1 Å². The highest BCUT2D eigenvalue weighted by Gasteiger charge is 2.13. The van der Waals surface area contributed by atoms with Gasteiger partial charge in [0.25, 0.3) is 0 Å². The second-order valence-corrected chi connectivity index (χ2v) is 7.19. The minimum atomic E-state index is -0.420. The number of benzene rings is 2. The van der Waals surface area contributed by atoms with E-state index >= 15 is 0 Å². The van der Waals surface area contributed by atoms with Crippen molar-refractivity contribution in [1.82, 2.24) is 25.5 Å². The van der Waals surface area contributed by atoms with Crippen molar-refractivity contribution in [3.8, 4) is 17.1 Å². The summed E-state index contributed by atoms with van der Waals surface area (Å²) < 4.78 is 10.8.